The molecule has 10 heteroatoms. The van der Waals surface area contributed by atoms with Crippen molar-refractivity contribution >= 4 is 46.3 Å². The number of para-hydroxylation sites is 1. The summed E-state index contributed by atoms with van der Waals surface area (Å²) in [5, 5.41) is 3.23. The van der Waals surface area contributed by atoms with Gasteiger partial charge in [0.1, 0.15) is 11.8 Å². The van der Waals surface area contributed by atoms with E-state index in [1.54, 1.807) is 12.1 Å². The van der Waals surface area contributed by atoms with Gasteiger partial charge in [0.15, 0.2) is 11.4 Å². The summed E-state index contributed by atoms with van der Waals surface area (Å²) in [5.74, 6) is 0.301. The number of aldehydes is 1. The van der Waals surface area contributed by atoms with E-state index in [0.717, 1.165) is 41.0 Å². The van der Waals surface area contributed by atoms with Crippen molar-refractivity contribution in [1.82, 2.24) is 19.4 Å². The van der Waals surface area contributed by atoms with E-state index in [0.29, 0.717) is 63.2 Å². The van der Waals surface area contributed by atoms with Crippen LogP contribution in [0.4, 0.5) is 11.4 Å². The molecule has 204 valence electrons. The van der Waals surface area contributed by atoms with E-state index in [9.17, 15) is 9.59 Å². The molecular weight excluding hydrogens is 540 g/mol. The third-order valence-corrected chi connectivity index (χ3v) is 7.78. The number of imidazole rings is 1. The first-order valence-corrected chi connectivity index (χ1v) is 13.4. The van der Waals surface area contributed by atoms with Crippen LogP contribution in [0.1, 0.15) is 37.9 Å². The molecule has 0 unspecified atom stereocenters. The Morgan fingerprint density at radius 3 is 2.66 bits per heavy atom. The summed E-state index contributed by atoms with van der Waals surface area (Å²) in [6.07, 6.45) is 1.54. The van der Waals surface area contributed by atoms with Gasteiger partial charge in [-0.25, -0.2) is 14.8 Å². The van der Waals surface area contributed by atoms with Gasteiger partial charge in [0.25, 0.3) is 5.91 Å². The monoisotopic (exact) mass is 564 g/mol. The Kier molecular flexibility index (Phi) is 6.66. The number of hydrogen-bond acceptors (Lipinski definition) is 6. The van der Waals surface area contributed by atoms with E-state index >= 15 is 0 Å². The minimum absolute atomic E-state index is 0.302. The highest BCUT2D eigenvalue weighted by molar-refractivity contribution is 6.35. The van der Waals surface area contributed by atoms with Crippen LogP contribution in [0.5, 0.6) is 0 Å². The van der Waals surface area contributed by atoms with E-state index < -0.39 is 0 Å². The second-order valence-corrected chi connectivity index (χ2v) is 10.5. The van der Waals surface area contributed by atoms with Gasteiger partial charge in [-0.2, -0.15) is 0 Å². The number of amides is 1. The van der Waals surface area contributed by atoms with Gasteiger partial charge in [-0.15, -0.1) is 0 Å². The van der Waals surface area contributed by atoms with Crippen LogP contribution in [0.2, 0.25) is 5.02 Å². The number of oxazole rings is 1. The molecule has 3 heterocycles. The zero-order valence-electron chi connectivity index (χ0n) is 22.7. The fourth-order valence-corrected chi connectivity index (χ4v) is 5.64. The molecule has 1 N–H and O–H groups in total. The Balaban J connectivity index is 1.37. The summed E-state index contributed by atoms with van der Waals surface area (Å²) >= 11 is 6.33. The molecule has 5 aromatic rings. The number of nitrogens with zero attached hydrogens (tertiary/aromatic N) is 5. The lowest BCUT2D eigenvalue weighted by atomic mass is 9.94. The first kappa shape index (κ1) is 26.4. The maximum Gasteiger partial charge on any atom is 0.290 e. The van der Waals surface area contributed by atoms with E-state index in [1.165, 1.54) is 6.07 Å². The van der Waals surface area contributed by atoms with Crippen molar-refractivity contribution in [3.05, 3.63) is 93.3 Å². The van der Waals surface area contributed by atoms with E-state index in [1.807, 2.05) is 55.9 Å². The van der Waals surface area contributed by atoms with Gasteiger partial charge in [0.2, 0.25) is 11.6 Å². The zero-order chi connectivity index (χ0) is 28.8. The molecule has 6 rings (SSSR count). The highest BCUT2D eigenvalue weighted by Gasteiger charge is 2.25. The number of likely N-dealkylation sites (N-methyl/N-ethyl adjacent to an activating group) is 1. The summed E-state index contributed by atoms with van der Waals surface area (Å²) in [6.45, 7) is 11.5. The maximum absolute atomic E-state index is 13.4. The first-order chi connectivity index (χ1) is 19.8. The molecule has 9 nitrogen and oxygen atoms in total. The van der Waals surface area contributed by atoms with Crippen LogP contribution in [-0.2, 0) is 20.0 Å². The Morgan fingerprint density at radius 2 is 1.88 bits per heavy atom. The molecule has 41 heavy (non-hydrogen) atoms. The Labute approximate surface area is 241 Å². The van der Waals surface area contributed by atoms with Crippen molar-refractivity contribution in [1.29, 1.82) is 0 Å². The van der Waals surface area contributed by atoms with Gasteiger partial charge in [-0.3, -0.25) is 9.59 Å². The summed E-state index contributed by atoms with van der Waals surface area (Å²) in [7, 11) is 3.89. The molecule has 3 aromatic carbocycles. The van der Waals surface area contributed by atoms with Gasteiger partial charge >= 0.3 is 0 Å². The molecule has 0 atom stereocenters. The second-order valence-electron chi connectivity index (χ2n) is 10.1. The number of anilines is 1. The van der Waals surface area contributed by atoms with Crippen LogP contribution in [0, 0.1) is 13.5 Å². The SMILES string of the molecule is [C-]#[N+]c1c(NC(=O)c2nc3c(n2C)CCN(C)C3)cccc1-c1cccc(-c2nc3cc(C=O)cc(Cl)c3o2)c1C. The normalized spacial score (nSPS) is 13.1. The highest BCUT2D eigenvalue weighted by atomic mass is 35.5. The zero-order valence-corrected chi connectivity index (χ0v) is 23.4. The van der Waals surface area contributed by atoms with Crippen LogP contribution in [0.3, 0.4) is 0 Å². The van der Waals surface area contributed by atoms with Gasteiger partial charge in [0.05, 0.1) is 17.3 Å². The molecule has 0 saturated carbocycles. The largest absolute Gasteiger partial charge is 0.434 e. The van der Waals surface area contributed by atoms with Crippen LogP contribution in [-0.4, -0.2) is 45.2 Å². The molecule has 0 saturated heterocycles. The van der Waals surface area contributed by atoms with E-state index in [-0.39, 0.29) is 5.91 Å². The lowest BCUT2D eigenvalue weighted by molar-refractivity contribution is 0.101. The number of aromatic nitrogens is 3. The number of carbonyl (C=O) groups is 2. The molecule has 2 aromatic heterocycles. The lowest BCUT2D eigenvalue weighted by Gasteiger charge is -2.21. The molecule has 0 radical (unpaired) electrons. The smallest absolute Gasteiger partial charge is 0.290 e. The van der Waals surface area contributed by atoms with Crippen molar-refractivity contribution < 1.29 is 14.0 Å². The average molecular weight is 565 g/mol. The number of benzene rings is 3. The number of hydrogen-bond donors (Lipinski definition) is 1. The van der Waals surface area contributed by atoms with Gasteiger partial charge < -0.3 is 19.2 Å². The number of nitrogens with one attached hydrogen (secondary N) is 1. The highest BCUT2D eigenvalue weighted by Crippen LogP contribution is 2.41. The number of fused-ring (bicyclic) bond motifs is 2. The minimum Gasteiger partial charge on any atom is -0.434 e. The second kappa shape index (κ2) is 10.3. The van der Waals surface area contributed by atoms with Crippen LogP contribution < -0.4 is 5.32 Å². The molecule has 1 amide bonds. The van der Waals surface area contributed by atoms with E-state index in [4.69, 9.17) is 22.6 Å². The van der Waals surface area contributed by atoms with E-state index in [2.05, 4.69) is 25.0 Å². The summed E-state index contributed by atoms with van der Waals surface area (Å²) < 4.78 is 7.85. The van der Waals surface area contributed by atoms with Gasteiger partial charge in [-0.05, 0) is 54.9 Å². The predicted molar refractivity (Wildman–Crippen MR) is 157 cm³/mol. The molecule has 0 spiro atoms. The van der Waals surface area contributed by atoms with Crippen molar-refractivity contribution in [3.8, 4) is 22.6 Å². The fourth-order valence-electron chi connectivity index (χ4n) is 5.38. The Morgan fingerprint density at radius 1 is 1.12 bits per heavy atom. The third kappa shape index (κ3) is 4.57. The Bertz CT molecular complexity index is 1920. The first-order valence-electron chi connectivity index (χ1n) is 13.0. The summed E-state index contributed by atoms with van der Waals surface area (Å²) in [6, 6.07) is 14.2. The standard InChI is InChI=1S/C31H25ClN6O3/c1-17-19(7-5-8-20(17)31-36-24-14-18(16-39)13-22(32)28(24)41-31)21-9-6-10-23(27(21)33-2)35-30(40)29-34-25-15-37(3)12-11-26(25)38(29)4/h5-10,13-14,16H,11-12,15H2,1,3-4H3,(H,35,40). The molecule has 1 aliphatic heterocycles. The summed E-state index contributed by atoms with van der Waals surface area (Å²) in [5.41, 5.74) is 6.97. The Hall–Kier alpha value is -4.78. The molecule has 1 aliphatic rings. The van der Waals surface area contributed by atoms with Crippen molar-refractivity contribution in [2.75, 3.05) is 18.9 Å². The van der Waals surface area contributed by atoms with Crippen LogP contribution in [0.25, 0.3) is 38.5 Å². The predicted octanol–water partition coefficient (Wildman–Crippen LogP) is 6.46. The average Bonchev–Trinajstić information content (AvgIpc) is 3.54. The number of halogens is 1. The molecule has 0 fully saturated rings. The quantitative estimate of drug-likeness (QED) is 0.194. The fraction of sp³-hybridized carbons (Fsp3) is 0.194. The summed E-state index contributed by atoms with van der Waals surface area (Å²) in [4.78, 5) is 39.8. The third-order valence-electron chi connectivity index (χ3n) is 7.50. The van der Waals surface area contributed by atoms with Gasteiger partial charge in [0, 0.05) is 49.1 Å². The maximum atomic E-state index is 13.4. The number of rotatable bonds is 5. The molecule has 0 aliphatic carbocycles. The van der Waals surface area contributed by atoms with Crippen LogP contribution in [0.15, 0.2) is 52.9 Å². The van der Waals surface area contributed by atoms with Gasteiger partial charge in [-0.1, -0.05) is 35.9 Å². The van der Waals surface area contributed by atoms with Crippen molar-refractivity contribution in [2.24, 2.45) is 7.05 Å². The topological polar surface area (TPSA) is 97.6 Å². The number of carbonyl (C=O) groups excluding carboxylic acids is 2. The minimum atomic E-state index is -0.366. The lowest BCUT2D eigenvalue weighted by Crippen LogP contribution is -2.27. The van der Waals surface area contributed by atoms with Crippen LogP contribution >= 0.6 is 11.6 Å². The molecule has 0 bridgehead atoms. The van der Waals surface area contributed by atoms with Crippen molar-refractivity contribution in [3.63, 3.8) is 0 Å². The van der Waals surface area contributed by atoms with Crippen molar-refractivity contribution in [2.45, 2.75) is 19.9 Å². The molecular formula is C31H25ClN6O3.